The number of nitriles is 1. The molecular formula is C24H22N6OS. The van der Waals surface area contributed by atoms with Crippen LogP contribution in [-0.4, -0.2) is 51.6 Å². The minimum atomic E-state index is -0.0483. The molecule has 1 aliphatic heterocycles. The van der Waals surface area contributed by atoms with E-state index < -0.39 is 0 Å². The fraction of sp³-hybridized carbons (Fsp3) is 0.250. The van der Waals surface area contributed by atoms with Crippen LogP contribution in [0.2, 0.25) is 0 Å². The first kappa shape index (κ1) is 20.4. The summed E-state index contributed by atoms with van der Waals surface area (Å²) in [5.41, 5.74) is 4.04. The molecule has 0 saturated carbocycles. The third-order valence-corrected chi connectivity index (χ3v) is 6.67. The maximum atomic E-state index is 12.4. The molecule has 0 atom stereocenters. The highest BCUT2D eigenvalue weighted by atomic mass is 32.1. The molecule has 2 aromatic carbocycles. The molecule has 4 aromatic rings. The number of aromatic nitrogens is 3. The average molecular weight is 443 g/mol. The molecule has 7 nitrogen and oxygen atoms in total. The number of likely N-dealkylation sites (tertiary alicyclic amines) is 1. The van der Waals surface area contributed by atoms with Gasteiger partial charge in [0.1, 0.15) is 5.01 Å². The van der Waals surface area contributed by atoms with Crippen molar-refractivity contribution in [1.29, 1.82) is 5.26 Å². The van der Waals surface area contributed by atoms with Crippen LogP contribution < -0.4 is 5.32 Å². The maximum Gasteiger partial charge on any atom is 0.251 e. The SMILES string of the molecule is N#Cc1ccc(-c2cnc3sc(-c4ccc(C(=O)NCCN5CCCC5)cc4)nn23)cc1. The lowest BCUT2D eigenvalue weighted by molar-refractivity contribution is 0.0950. The van der Waals surface area contributed by atoms with E-state index in [0.29, 0.717) is 17.7 Å². The van der Waals surface area contributed by atoms with E-state index in [9.17, 15) is 4.79 Å². The number of nitrogens with zero attached hydrogens (tertiary/aromatic N) is 5. The zero-order chi connectivity index (χ0) is 21.9. The second-order valence-electron chi connectivity index (χ2n) is 7.82. The van der Waals surface area contributed by atoms with E-state index in [1.54, 1.807) is 18.3 Å². The van der Waals surface area contributed by atoms with Crippen LogP contribution in [0.1, 0.15) is 28.8 Å². The first-order valence-corrected chi connectivity index (χ1v) is 11.5. The van der Waals surface area contributed by atoms with Crippen LogP contribution in [0.4, 0.5) is 0 Å². The van der Waals surface area contributed by atoms with Crippen molar-refractivity contribution in [2.24, 2.45) is 0 Å². The highest BCUT2D eigenvalue weighted by molar-refractivity contribution is 7.19. The predicted octanol–water partition coefficient (Wildman–Crippen LogP) is 3.82. The number of amides is 1. The van der Waals surface area contributed by atoms with E-state index in [-0.39, 0.29) is 5.91 Å². The monoisotopic (exact) mass is 442 g/mol. The van der Waals surface area contributed by atoms with Crippen molar-refractivity contribution in [1.82, 2.24) is 24.8 Å². The molecule has 1 fully saturated rings. The van der Waals surface area contributed by atoms with Crippen LogP contribution in [-0.2, 0) is 0 Å². The van der Waals surface area contributed by atoms with Crippen LogP contribution in [0.3, 0.4) is 0 Å². The van der Waals surface area contributed by atoms with Crippen molar-refractivity contribution in [2.75, 3.05) is 26.2 Å². The standard InChI is InChI=1S/C24H22N6OS/c25-15-17-3-5-18(6-4-17)21-16-27-24-30(21)28-23(32-24)20-9-7-19(8-10-20)22(31)26-11-14-29-12-1-2-13-29/h3-10,16H,1-2,11-14H2,(H,26,31). The lowest BCUT2D eigenvalue weighted by Gasteiger charge is -2.14. The number of nitrogens with one attached hydrogen (secondary N) is 1. The first-order valence-electron chi connectivity index (χ1n) is 10.7. The van der Waals surface area contributed by atoms with Crippen LogP contribution in [0.25, 0.3) is 26.8 Å². The van der Waals surface area contributed by atoms with Crippen molar-refractivity contribution in [3.8, 4) is 27.9 Å². The summed E-state index contributed by atoms with van der Waals surface area (Å²) in [5.74, 6) is -0.0483. The minimum Gasteiger partial charge on any atom is -0.351 e. The molecule has 160 valence electrons. The van der Waals surface area contributed by atoms with E-state index in [4.69, 9.17) is 10.4 Å². The molecule has 2 aromatic heterocycles. The van der Waals surface area contributed by atoms with Gasteiger partial charge in [-0.1, -0.05) is 35.6 Å². The van der Waals surface area contributed by atoms with Gasteiger partial charge in [-0.15, -0.1) is 0 Å². The van der Waals surface area contributed by atoms with E-state index in [2.05, 4.69) is 21.3 Å². The number of benzene rings is 2. The Morgan fingerprint density at radius 1 is 1.06 bits per heavy atom. The molecule has 0 aliphatic carbocycles. The Labute approximate surface area is 189 Å². The molecule has 5 rings (SSSR count). The summed E-state index contributed by atoms with van der Waals surface area (Å²) >= 11 is 1.50. The molecule has 1 aliphatic rings. The second kappa shape index (κ2) is 8.91. The lowest BCUT2D eigenvalue weighted by Crippen LogP contribution is -2.33. The zero-order valence-corrected chi connectivity index (χ0v) is 18.3. The van der Waals surface area contributed by atoms with Gasteiger partial charge in [-0.25, -0.2) is 9.50 Å². The van der Waals surface area contributed by atoms with Crippen molar-refractivity contribution in [2.45, 2.75) is 12.8 Å². The number of imidazole rings is 1. The van der Waals surface area contributed by atoms with Crippen molar-refractivity contribution >= 4 is 22.2 Å². The summed E-state index contributed by atoms with van der Waals surface area (Å²) < 4.78 is 1.82. The number of hydrogen-bond donors (Lipinski definition) is 1. The van der Waals surface area contributed by atoms with Crippen LogP contribution >= 0.6 is 11.3 Å². The molecule has 0 unspecified atom stereocenters. The van der Waals surface area contributed by atoms with E-state index in [0.717, 1.165) is 46.4 Å². The van der Waals surface area contributed by atoms with Gasteiger partial charge in [0.2, 0.25) is 4.96 Å². The summed E-state index contributed by atoms with van der Waals surface area (Å²) in [7, 11) is 0. The van der Waals surface area contributed by atoms with E-state index in [1.807, 2.05) is 40.9 Å². The van der Waals surface area contributed by atoms with Gasteiger partial charge in [0.15, 0.2) is 0 Å². The maximum absolute atomic E-state index is 12.4. The van der Waals surface area contributed by atoms with Crippen LogP contribution in [0, 0.1) is 11.3 Å². The highest BCUT2D eigenvalue weighted by Crippen LogP contribution is 2.29. The number of carbonyl (C=O) groups excluding carboxylic acids is 1. The highest BCUT2D eigenvalue weighted by Gasteiger charge is 2.14. The Morgan fingerprint density at radius 2 is 1.78 bits per heavy atom. The van der Waals surface area contributed by atoms with Gasteiger partial charge < -0.3 is 10.2 Å². The third kappa shape index (κ3) is 4.13. The fourth-order valence-corrected chi connectivity index (χ4v) is 4.80. The number of hydrogen-bond acceptors (Lipinski definition) is 6. The Bertz CT molecular complexity index is 1280. The number of rotatable bonds is 6. The molecule has 0 radical (unpaired) electrons. The molecule has 8 heteroatoms. The molecule has 0 spiro atoms. The van der Waals surface area contributed by atoms with Gasteiger partial charge in [-0.05, 0) is 50.2 Å². The number of carbonyl (C=O) groups is 1. The normalized spacial score (nSPS) is 14.0. The molecule has 1 saturated heterocycles. The van der Waals surface area contributed by atoms with Crippen molar-refractivity contribution < 1.29 is 4.79 Å². The topological polar surface area (TPSA) is 86.3 Å². The Hall–Kier alpha value is -3.54. The van der Waals surface area contributed by atoms with Gasteiger partial charge in [-0.2, -0.15) is 10.4 Å². The minimum absolute atomic E-state index is 0.0483. The predicted molar refractivity (Wildman–Crippen MR) is 124 cm³/mol. The van der Waals surface area contributed by atoms with Crippen LogP contribution in [0.5, 0.6) is 0 Å². The smallest absolute Gasteiger partial charge is 0.251 e. The molecular weight excluding hydrogens is 420 g/mol. The quantitative estimate of drug-likeness (QED) is 0.491. The Kier molecular flexibility index (Phi) is 5.67. The second-order valence-corrected chi connectivity index (χ2v) is 8.77. The van der Waals surface area contributed by atoms with E-state index in [1.165, 1.54) is 24.2 Å². The van der Waals surface area contributed by atoms with Gasteiger partial charge in [0.05, 0.1) is 23.5 Å². The summed E-state index contributed by atoms with van der Waals surface area (Å²) in [6.07, 6.45) is 4.30. The third-order valence-electron chi connectivity index (χ3n) is 5.70. The summed E-state index contributed by atoms with van der Waals surface area (Å²) in [6.45, 7) is 3.84. The molecule has 32 heavy (non-hydrogen) atoms. The lowest BCUT2D eigenvalue weighted by atomic mass is 10.1. The van der Waals surface area contributed by atoms with Crippen molar-refractivity contribution in [3.05, 3.63) is 65.9 Å². The van der Waals surface area contributed by atoms with Gasteiger partial charge in [0, 0.05) is 29.8 Å². The summed E-state index contributed by atoms with van der Waals surface area (Å²) in [6, 6.07) is 17.0. The average Bonchev–Trinajstić information content (AvgIpc) is 3.57. The van der Waals surface area contributed by atoms with Gasteiger partial charge in [-0.3, -0.25) is 4.79 Å². The Morgan fingerprint density at radius 3 is 2.50 bits per heavy atom. The molecule has 3 heterocycles. The first-order chi connectivity index (χ1) is 15.7. The Balaban J connectivity index is 1.29. The summed E-state index contributed by atoms with van der Waals surface area (Å²) in [4.78, 5) is 20.1. The van der Waals surface area contributed by atoms with Gasteiger partial charge >= 0.3 is 0 Å². The fourth-order valence-electron chi connectivity index (χ4n) is 3.92. The van der Waals surface area contributed by atoms with Crippen molar-refractivity contribution in [3.63, 3.8) is 0 Å². The van der Waals surface area contributed by atoms with E-state index >= 15 is 0 Å². The molecule has 1 N–H and O–H groups in total. The van der Waals surface area contributed by atoms with Gasteiger partial charge in [0.25, 0.3) is 5.91 Å². The number of fused-ring (bicyclic) bond motifs is 1. The largest absolute Gasteiger partial charge is 0.351 e. The molecule has 0 bridgehead atoms. The molecule has 1 amide bonds. The summed E-state index contributed by atoms with van der Waals surface area (Å²) in [5, 5.41) is 17.6. The van der Waals surface area contributed by atoms with Crippen LogP contribution in [0.15, 0.2) is 54.7 Å². The zero-order valence-electron chi connectivity index (χ0n) is 17.5.